The summed E-state index contributed by atoms with van der Waals surface area (Å²) >= 11 is 0. The number of fused-ring (bicyclic) bond motifs is 1. The molecule has 2 aliphatic carbocycles. The molecular weight excluding hydrogens is 348 g/mol. The molecule has 0 bridgehead atoms. The minimum atomic E-state index is -0.986. The Morgan fingerprint density at radius 2 is 1.89 bits per heavy atom. The Kier molecular flexibility index (Phi) is 4.78. The SMILES string of the molecule is CC(C)=C1CC2C(C)(CCC(OC(=O)C3(C)OC3C)C2(C)OC=O)CC1=O. The number of hydrogen-bond donors (Lipinski definition) is 0. The van der Waals surface area contributed by atoms with Gasteiger partial charge in [0, 0.05) is 12.3 Å². The van der Waals surface area contributed by atoms with Crippen LogP contribution in [0.2, 0.25) is 0 Å². The molecule has 6 heteroatoms. The highest BCUT2D eigenvalue weighted by Gasteiger charge is 2.62. The molecular formula is C21H30O6. The lowest BCUT2D eigenvalue weighted by molar-refractivity contribution is -0.213. The summed E-state index contributed by atoms with van der Waals surface area (Å²) in [6, 6.07) is 0. The predicted molar refractivity (Wildman–Crippen MR) is 97.8 cm³/mol. The summed E-state index contributed by atoms with van der Waals surface area (Å²) < 4.78 is 16.8. The molecule has 150 valence electrons. The van der Waals surface area contributed by atoms with Crippen molar-refractivity contribution in [2.45, 2.75) is 90.6 Å². The Hall–Kier alpha value is -1.69. The van der Waals surface area contributed by atoms with E-state index >= 15 is 0 Å². The van der Waals surface area contributed by atoms with Crippen LogP contribution in [0.15, 0.2) is 11.1 Å². The lowest BCUT2D eigenvalue weighted by Crippen LogP contribution is -2.61. The summed E-state index contributed by atoms with van der Waals surface area (Å²) in [7, 11) is 0. The molecule has 6 nitrogen and oxygen atoms in total. The van der Waals surface area contributed by atoms with Gasteiger partial charge in [0.2, 0.25) is 0 Å². The van der Waals surface area contributed by atoms with Gasteiger partial charge in [0.15, 0.2) is 11.4 Å². The molecule has 1 aliphatic heterocycles. The lowest BCUT2D eigenvalue weighted by atomic mass is 9.53. The summed E-state index contributed by atoms with van der Waals surface area (Å²) in [5.74, 6) is -0.348. The van der Waals surface area contributed by atoms with Gasteiger partial charge in [-0.1, -0.05) is 12.5 Å². The molecule has 3 fully saturated rings. The highest BCUT2D eigenvalue weighted by Crippen LogP contribution is 2.56. The third-order valence-electron chi connectivity index (χ3n) is 7.16. The highest BCUT2D eigenvalue weighted by atomic mass is 16.7. The fourth-order valence-electron chi connectivity index (χ4n) is 5.00. The first-order valence-electron chi connectivity index (χ1n) is 9.68. The Labute approximate surface area is 160 Å². The molecule has 1 heterocycles. The largest absolute Gasteiger partial charge is 0.457 e. The maximum atomic E-state index is 12.6. The van der Waals surface area contributed by atoms with Crippen LogP contribution < -0.4 is 0 Å². The molecule has 6 atom stereocenters. The quantitative estimate of drug-likeness (QED) is 0.323. The van der Waals surface area contributed by atoms with Crippen molar-refractivity contribution in [3.63, 3.8) is 0 Å². The van der Waals surface area contributed by atoms with Crippen molar-refractivity contribution in [2.75, 3.05) is 0 Å². The van der Waals surface area contributed by atoms with Gasteiger partial charge in [0.05, 0.1) is 6.10 Å². The third-order valence-corrected chi connectivity index (χ3v) is 7.16. The van der Waals surface area contributed by atoms with Crippen LogP contribution in [0.4, 0.5) is 0 Å². The average Bonchev–Trinajstić information content (AvgIpc) is 3.18. The van der Waals surface area contributed by atoms with E-state index in [9.17, 15) is 14.4 Å². The summed E-state index contributed by atoms with van der Waals surface area (Å²) in [5, 5.41) is 0. The molecule has 3 aliphatic rings. The van der Waals surface area contributed by atoms with E-state index in [0.717, 1.165) is 17.6 Å². The Morgan fingerprint density at radius 3 is 2.41 bits per heavy atom. The van der Waals surface area contributed by atoms with Crippen LogP contribution in [-0.2, 0) is 28.6 Å². The van der Waals surface area contributed by atoms with Crippen LogP contribution in [0, 0.1) is 11.3 Å². The second-order valence-corrected chi connectivity index (χ2v) is 9.19. The number of allylic oxidation sites excluding steroid dienone is 2. The zero-order chi connectivity index (χ0) is 20.2. The van der Waals surface area contributed by atoms with Gasteiger partial charge in [-0.05, 0) is 64.9 Å². The first kappa shape index (κ1) is 20.1. The molecule has 1 saturated heterocycles. The number of hydrogen-bond acceptors (Lipinski definition) is 6. The molecule has 0 amide bonds. The van der Waals surface area contributed by atoms with Crippen molar-refractivity contribution >= 4 is 18.2 Å². The summed E-state index contributed by atoms with van der Waals surface area (Å²) in [5.41, 5.74) is -0.403. The van der Waals surface area contributed by atoms with Crippen LogP contribution in [-0.4, -0.2) is 41.6 Å². The van der Waals surface area contributed by atoms with Crippen molar-refractivity contribution in [1.82, 2.24) is 0 Å². The fourth-order valence-corrected chi connectivity index (χ4v) is 5.00. The Balaban J connectivity index is 1.92. The van der Waals surface area contributed by atoms with E-state index in [1.807, 2.05) is 27.7 Å². The van der Waals surface area contributed by atoms with Gasteiger partial charge in [0.25, 0.3) is 6.47 Å². The summed E-state index contributed by atoms with van der Waals surface area (Å²) in [4.78, 5) is 36.6. The van der Waals surface area contributed by atoms with E-state index in [-0.39, 0.29) is 23.2 Å². The number of Topliss-reactive ketones (excluding diaryl/α,β-unsaturated/α-hetero) is 1. The topological polar surface area (TPSA) is 82.2 Å². The fraction of sp³-hybridized carbons (Fsp3) is 0.762. The van der Waals surface area contributed by atoms with E-state index < -0.39 is 23.3 Å². The van der Waals surface area contributed by atoms with Crippen LogP contribution in [0.1, 0.15) is 67.2 Å². The van der Waals surface area contributed by atoms with Gasteiger partial charge < -0.3 is 14.2 Å². The van der Waals surface area contributed by atoms with Crippen molar-refractivity contribution in [3.8, 4) is 0 Å². The maximum Gasteiger partial charge on any atom is 0.341 e. The molecule has 27 heavy (non-hydrogen) atoms. The van der Waals surface area contributed by atoms with Crippen molar-refractivity contribution in [3.05, 3.63) is 11.1 Å². The smallest absolute Gasteiger partial charge is 0.341 e. The van der Waals surface area contributed by atoms with Gasteiger partial charge in [-0.3, -0.25) is 9.59 Å². The van der Waals surface area contributed by atoms with E-state index in [0.29, 0.717) is 25.7 Å². The molecule has 0 radical (unpaired) electrons. The monoisotopic (exact) mass is 378 g/mol. The molecule has 0 aromatic carbocycles. The predicted octanol–water partition coefficient (Wildman–Crippen LogP) is 3.12. The average molecular weight is 378 g/mol. The van der Waals surface area contributed by atoms with Crippen molar-refractivity contribution in [2.24, 2.45) is 11.3 Å². The standard InChI is InChI=1S/C21H30O6/c1-12(2)14-9-16-19(4,10-15(14)23)8-7-17(21(16,6)25-11-22)26-18(24)20(5)13(3)27-20/h11,13,16-17H,7-10H2,1-6H3. The van der Waals surface area contributed by atoms with Crippen molar-refractivity contribution < 1.29 is 28.6 Å². The summed E-state index contributed by atoms with van der Waals surface area (Å²) in [6.07, 6.45) is 1.50. The second kappa shape index (κ2) is 6.43. The molecule has 2 saturated carbocycles. The number of ether oxygens (including phenoxy) is 3. The van der Waals surface area contributed by atoms with E-state index in [1.54, 1.807) is 6.92 Å². The van der Waals surface area contributed by atoms with Crippen LogP contribution in [0.5, 0.6) is 0 Å². The van der Waals surface area contributed by atoms with Gasteiger partial charge in [0.1, 0.15) is 11.7 Å². The minimum Gasteiger partial charge on any atom is -0.457 e. The zero-order valence-electron chi connectivity index (χ0n) is 17.1. The Bertz CT molecular complexity index is 707. The highest BCUT2D eigenvalue weighted by molar-refractivity contribution is 5.97. The minimum absolute atomic E-state index is 0.102. The molecule has 0 spiro atoms. The van der Waals surface area contributed by atoms with Gasteiger partial charge in [-0.2, -0.15) is 0 Å². The molecule has 0 aromatic rings. The number of epoxide rings is 1. The molecule has 3 rings (SSSR count). The molecule has 0 aromatic heterocycles. The second-order valence-electron chi connectivity index (χ2n) is 9.19. The van der Waals surface area contributed by atoms with Gasteiger partial charge >= 0.3 is 5.97 Å². The lowest BCUT2D eigenvalue weighted by Gasteiger charge is -2.55. The van der Waals surface area contributed by atoms with Crippen LogP contribution >= 0.6 is 0 Å². The number of carbonyl (C=O) groups excluding carboxylic acids is 3. The normalized spacial score (nSPS) is 43.6. The van der Waals surface area contributed by atoms with Crippen molar-refractivity contribution in [1.29, 1.82) is 0 Å². The maximum absolute atomic E-state index is 12.6. The van der Waals surface area contributed by atoms with Crippen LogP contribution in [0.25, 0.3) is 0 Å². The Morgan fingerprint density at radius 1 is 1.26 bits per heavy atom. The third kappa shape index (κ3) is 3.12. The number of esters is 1. The van der Waals surface area contributed by atoms with E-state index in [1.165, 1.54) is 0 Å². The summed E-state index contributed by atoms with van der Waals surface area (Å²) in [6.45, 7) is 11.7. The van der Waals surface area contributed by atoms with Gasteiger partial charge in [-0.25, -0.2) is 4.79 Å². The number of rotatable bonds is 4. The van der Waals surface area contributed by atoms with E-state index in [4.69, 9.17) is 14.2 Å². The number of ketones is 1. The number of carbonyl (C=O) groups is 3. The van der Waals surface area contributed by atoms with Crippen LogP contribution in [0.3, 0.4) is 0 Å². The molecule has 0 N–H and O–H groups in total. The first-order chi connectivity index (χ1) is 12.5. The zero-order valence-corrected chi connectivity index (χ0v) is 17.1. The van der Waals surface area contributed by atoms with E-state index in [2.05, 4.69) is 6.92 Å². The first-order valence-corrected chi connectivity index (χ1v) is 9.68. The molecule has 6 unspecified atom stereocenters. The van der Waals surface area contributed by atoms with Gasteiger partial charge in [-0.15, -0.1) is 0 Å².